The zero-order valence-electron chi connectivity index (χ0n) is 14.9. The number of hydrogen-bond donors (Lipinski definition) is 1. The monoisotopic (exact) mass is 377 g/mol. The van der Waals surface area contributed by atoms with Crippen LogP contribution in [0.15, 0.2) is 60.1 Å². The maximum Gasteiger partial charge on any atom is 0.255 e. The van der Waals surface area contributed by atoms with Gasteiger partial charge in [0.05, 0.1) is 12.5 Å². The molecule has 1 atom stereocenters. The Hall–Kier alpha value is -2.99. The molecule has 0 saturated carbocycles. The van der Waals surface area contributed by atoms with Crippen LogP contribution in [-0.2, 0) is 11.3 Å². The lowest BCUT2D eigenvalue weighted by atomic mass is 10.1. The summed E-state index contributed by atoms with van der Waals surface area (Å²) in [6.45, 7) is 2.47. The number of fused-ring (bicyclic) bond motifs is 1. The third-order valence-corrected chi connectivity index (χ3v) is 5.63. The number of aromatic nitrogens is 1. The van der Waals surface area contributed by atoms with Crippen LogP contribution in [0.25, 0.3) is 0 Å². The highest BCUT2D eigenvalue weighted by atomic mass is 32.1. The Morgan fingerprint density at radius 2 is 2.11 bits per heavy atom. The largest absolute Gasteiger partial charge is 0.326 e. The third kappa shape index (κ3) is 3.61. The van der Waals surface area contributed by atoms with Crippen molar-refractivity contribution < 1.29 is 9.59 Å². The Morgan fingerprint density at radius 3 is 2.85 bits per heavy atom. The molecular weight excluding hydrogens is 358 g/mol. The molecule has 3 heterocycles. The molecule has 3 aromatic rings. The van der Waals surface area contributed by atoms with Gasteiger partial charge in [-0.1, -0.05) is 24.3 Å². The number of thiophene rings is 1. The fourth-order valence-electron chi connectivity index (χ4n) is 3.35. The van der Waals surface area contributed by atoms with Gasteiger partial charge in [0.1, 0.15) is 5.82 Å². The summed E-state index contributed by atoms with van der Waals surface area (Å²) in [6, 6.07) is 15.0. The van der Waals surface area contributed by atoms with Crippen molar-refractivity contribution in [3.8, 4) is 0 Å². The third-order valence-electron chi connectivity index (χ3n) is 4.66. The molecule has 0 spiro atoms. The maximum absolute atomic E-state index is 12.9. The SMILES string of the molecule is Cc1ccnc(NC(=O)CC(c2cccs2)N2Cc3ccccc3C2=O)c1. The van der Waals surface area contributed by atoms with Crippen molar-refractivity contribution in [2.75, 3.05) is 5.32 Å². The number of aryl methyl sites for hydroxylation is 1. The first-order chi connectivity index (χ1) is 13.1. The maximum atomic E-state index is 12.9. The summed E-state index contributed by atoms with van der Waals surface area (Å²) >= 11 is 1.56. The summed E-state index contributed by atoms with van der Waals surface area (Å²) in [4.78, 5) is 32.6. The summed E-state index contributed by atoms with van der Waals surface area (Å²) < 4.78 is 0. The van der Waals surface area contributed by atoms with E-state index in [9.17, 15) is 9.59 Å². The van der Waals surface area contributed by atoms with E-state index in [1.807, 2.05) is 60.8 Å². The van der Waals surface area contributed by atoms with Gasteiger partial charge in [-0.2, -0.15) is 0 Å². The number of carbonyl (C=O) groups is 2. The van der Waals surface area contributed by atoms with Gasteiger partial charge in [0.2, 0.25) is 5.91 Å². The van der Waals surface area contributed by atoms with Crippen molar-refractivity contribution in [2.24, 2.45) is 0 Å². The Labute approximate surface area is 161 Å². The lowest BCUT2D eigenvalue weighted by Crippen LogP contribution is -2.31. The zero-order valence-corrected chi connectivity index (χ0v) is 15.7. The van der Waals surface area contributed by atoms with Crippen LogP contribution < -0.4 is 5.32 Å². The summed E-state index contributed by atoms with van der Waals surface area (Å²) in [7, 11) is 0. The highest BCUT2D eigenvalue weighted by Gasteiger charge is 2.34. The molecule has 0 aliphatic carbocycles. The van der Waals surface area contributed by atoms with E-state index in [0.29, 0.717) is 12.4 Å². The van der Waals surface area contributed by atoms with Crippen molar-refractivity contribution in [1.82, 2.24) is 9.88 Å². The van der Waals surface area contributed by atoms with Crippen molar-refractivity contribution in [2.45, 2.75) is 25.9 Å². The van der Waals surface area contributed by atoms with Crippen molar-refractivity contribution >= 4 is 29.0 Å². The number of carbonyl (C=O) groups excluding carboxylic acids is 2. The van der Waals surface area contributed by atoms with E-state index in [0.717, 1.165) is 21.6 Å². The van der Waals surface area contributed by atoms with Crippen LogP contribution in [0.1, 0.15) is 38.8 Å². The molecule has 5 nitrogen and oxygen atoms in total. The van der Waals surface area contributed by atoms with E-state index < -0.39 is 0 Å². The highest BCUT2D eigenvalue weighted by molar-refractivity contribution is 7.10. The number of nitrogens with zero attached hydrogens (tertiary/aromatic N) is 2. The molecule has 0 fully saturated rings. The standard InChI is InChI=1S/C21H19N3O2S/c1-14-8-9-22-19(11-14)23-20(25)12-17(18-7-4-10-27-18)24-13-15-5-2-3-6-16(15)21(24)26/h2-11,17H,12-13H2,1H3,(H,22,23,25). The number of benzene rings is 1. The molecule has 1 aromatic carbocycles. The molecule has 1 unspecified atom stereocenters. The van der Waals surface area contributed by atoms with Crippen LogP contribution in [0.5, 0.6) is 0 Å². The van der Waals surface area contributed by atoms with E-state index in [1.54, 1.807) is 22.4 Å². The van der Waals surface area contributed by atoms with E-state index in [4.69, 9.17) is 0 Å². The molecule has 1 aliphatic heterocycles. The average molecular weight is 377 g/mol. The first-order valence-corrected chi connectivity index (χ1v) is 9.64. The molecule has 136 valence electrons. The number of hydrogen-bond acceptors (Lipinski definition) is 4. The van der Waals surface area contributed by atoms with E-state index in [2.05, 4.69) is 10.3 Å². The quantitative estimate of drug-likeness (QED) is 0.726. The normalized spacial score (nSPS) is 14.1. The van der Waals surface area contributed by atoms with Gasteiger partial charge in [-0.25, -0.2) is 4.98 Å². The van der Waals surface area contributed by atoms with Gasteiger partial charge in [-0.05, 0) is 47.7 Å². The Morgan fingerprint density at radius 1 is 1.26 bits per heavy atom. The second-order valence-corrected chi connectivity index (χ2v) is 7.57. The summed E-state index contributed by atoms with van der Waals surface area (Å²) in [6.07, 6.45) is 1.86. The second-order valence-electron chi connectivity index (χ2n) is 6.59. The number of anilines is 1. The fraction of sp³-hybridized carbons (Fsp3) is 0.190. The fourth-order valence-corrected chi connectivity index (χ4v) is 4.19. The molecule has 27 heavy (non-hydrogen) atoms. The van der Waals surface area contributed by atoms with Gasteiger partial charge >= 0.3 is 0 Å². The average Bonchev–Trinajstić information content (AvgIpc) is 3.29. The molecule has 2 amide bonds. The van der Waals surface area contributed by atoms with E-state index in [1.165, 1.54) is 0 Å². The number of rotatable bonds is 5. The minimum Gasteiger partial charge on any atom is -0.326 e. The predicted molar refractivity (Wildman–Crippen MR) is 106 cm³/mol. The molecule has 2 aromatic heterocycles. The number of amides is 2. The molecule has 0 radical (unpaired) electrons. The van der Waals surface area contributed by atoms with Crippen LogP contribution in [0, 0.1) is 6.92 Å². The molecule has 0 bridgehead atoms. The smallest absolute Gasteiger partial charge is 0.255 e. The first-order valence-electron chi connectivity index (χ1n) is 8.76. The summed E-state index contributed by atoms with van der Waals surface area (Å²) in [5, 5.41) is 4.82. The minimum atomic E-state index is -0.297. The van der Waals surface area contributed by atoms with Crippen LogP contribution in [-0.4, -0.2) is 21.7 Å². The first kappa shape index (κ1) is 17.4. The van der Waals surface area contributed by atoms with E-state index >= 15 is 0 Å². The van der Waals surface area contributed by atoms with Crippen LogP contribution in [0.4, 0.5) is 5.82 Å². The Kier molecular flexibility index (Phi) is 4.73. The van der Waals surface area contributed by atoms with Crippen molar-refractivity contribution in [3.05, 3.63) is 81.7 Å². The lowest BCUT2D eigenvalue weighted by molar-refractivity contribution is -0.117. The van der Waals surface area contributed by atoms with Gasteiger partial charge in [0.15, 0.2) is 0 Å². The topological polar surface area (TPSA) is 62.3 Å². The Balaban J connectivity index is 1.56. The molecular formula is C21H19N3O2S. The molecule has 4 rings (SSSR count). The molecule has 1 N–H and O–H groups in total. The molecule has 1 aliphatic rings. The number of nitrogens with one attached hydrogen (secondary N) is 1. The van der Waals surface area contributed by atoms with Gasteiger partial charge in [0, 0.05) is 23.2 Å². The molecule has 0 saturated heterocycles. The molecule has 6 heteroatoms. The minimum absolute atomic E-state index is 0.0227. The van der Waals surface area contributed by atoms with Gasteiger partial charge in [-0.15, -0.1) is 11.3 Å². The van der Waals surface area contributed by atoms with Crippen molar-refractivity contribution in [3.63, 3.8) is 0 Å². The zero-order chi connectivity index (χ0) is 18.8. The lowest BCUT2D eigenvalue weighted by Gasteiger charge is -2.26. The van der Waals surface area contributed by atoms with Gasteiger partial charge < -0.3 is 10.2 Å². The Bertz CT molecular complexity index is 985. The highest BCUT2D eigenvalue weighted by Crippen LogP contribution is 2.35. The summed E-state index contributed by atoms with van der Waals surface area (Å²) in [5.41, 5.74) is 2.75. The van der Waals surface area contributed by atoms with Crippen molar-refractivity contribution in [1.29, 1.82) is 0 Å². The van der Waals surface area contributed by atoms with Gasteiger partial charge in [-0.3, -0.25) is 9.59 Å². The van der Waals surface area contributed by atoms with E-state index in [-0.39, 0.29) is 24.3 Å². The predicted octanol–water partition coefficient (Wildman–Crippen LogP) is 4.18. The number of pyridine rings is 1. The summed E-state index contributed by atoms with van der Waals surface area (Å²) in [5.74, 6) is 0.349. The van der Waals surface area contributed by atoms with Crippen LogP contribution >= 0.6 is 11.3 Å². The van der Waals surface area contributed by atoms with Gasteiger partial charge in [0.25, 0.3) is 5.91 Å². The van der Waals surface area contributed by atoms with Crippen LogP contribution in [0.2, 0.25) is 0 Å². The second kappa shape index (κ2) is 7.32. The van der Waals surface area contributed by atoms with Crippen LogP contribution in [0.3, 0.4) is 0 Å².